The van der Waals surface area contributed by atoms with Crippen molar-refractivity contribution >= 4 is 22.4 Å². The number of nitrogens with two attached hydrogens (primary N) is 1. The van der Waals surface area contributed by atoms with Crippen molar-refractivity contribution in [2.75, 3.05) is 18.8 Å². The fraction of sp³-hybridized carbons (Fsp3) is 0.379. The lowest BCUT2D eigenvalue weighted by Crippen LogP contribution is -2.33. The van der Waals surface area contributed by atoms with Crippen LogP contribution >= 0.6 is 0 Å². The molecular weight excluding hydrogens is 425 g/mol. The van der Waals surface area contributed by atoms with Crippen LogP contribution in [0.2, 0.25) is 0 Å². The molecule has 34 heavy (non-hydrogen) atoms. The van der Waals surface area contributed by atoms with Gasteiger partial charge in [0, 0.05) is 6.54 Å². The lowest BCUT2D eigenvalue weighted by Gasteiger charge is -2.32. The first-order valence-corrected chi connectivity index (χ1v) is 12.5. The van der Waals surface area contributed by atoms with E-state index in [-0.39, 0.29) is 16.9 Å². The predicted octanol–water partition coefficient (Wildman–Crippen LogP) is 6.09. The van der Waals surface area contributed by atoms with Crippen LogP contribution in [0, 0.1) is 11.7 Å². The third kappa shape index (κ3) is 4.76. The molecule has 0 radical (unpaired) electrons. The van der Waals surface area contributed by atoms with Crippen LogP contribution in [0.25, 0.3) is 10.9 Å². The number of ketones is 1. The molecule has 1 aliphatic heterocycles. The highest BCUT2D eigenvalue weighted by Gasteiger charge is 2.27. The zero-order valence-corrected chi connectivity index (χ0v) is 19.6. The molecule has 2 aromatic carbocycles. The number of benzene rings is 2. The van der Waals surface area contributed by atoms with Gasteiger partial charge >= 0.3 is 0 Å². The monoisotopic (exact) mass is 457 g/mol. The number of piperidine rings is 1. The van der Waals surface area contributed by atoms with Gasteiger partial charge < -0.3 is 5.73 Å². The molecule has 2 N–H and O–H groups in total. The summed E-state index contributed by atoms with van der Waals surface area (Å²) in [6, 6.07) is 15.4. The van der Waals surface area contributed by atoms with Gasteiger partial charge in [-0.1, -0.05) is 48.9 Å². The average Bonchev–Trinajstić information content (AvgIpc) is 2.84. The highest BCUT2D eigenvalue weighted by Crippen LogP contribution is 2.34. The van der Waals surface area contributed by atoms with Crippen LogP contribution in [0.4, 0.5) is 10.1 Å². The molecule has 0 amide bonds. The number of anilines is 1. The molecule has 176 valence electrons. The molecule has 5 rings (SSSR count). The average molecular weight is 458 g/mol. The summed E-state index contributed by atoms with van der Waals surface area (Å²) < 4.78 is 14.4. The Hall–Kier alpha value is -3.05. The first-order valence-electron chi connectivity index (χ1n) is 12.5. The summed E-state index contributed by atoms with van der Waals surface area (Å²) in [4.78, 5) is 20.3. The number of rotatable bonds is 6. The van der Waals surface area contributed by atoms with Gasteiger partial charge in [0.15, 0.2) is 5.78 Å². The van der Waals surface area contributed by atoms with Crippen LogP contribution < -0.4 is 5.73 Å². The highest BCUT2D eigenvalue weighted by atomic mass is 19.1. The summed E-state index contributed by atoms with van der Waals surface area (Å²) in [6.45, 7) is 3.36. The van der Waals surface area contributed by atoms with Crippen molar-refractivity contribution in [3.63, 3.8) is 0 Å². The van der Waals surface area contributed by atoms with Gasteiger partial charge in [-0.15, -0.1) is 0 Å². The van der Waals surface area contributed by atoms with Crippen molar-refractivity contribution in [2.45, 2.75) is 51.5 Å². The number of aromatic nitrogens is 1. The number of hydrogen-bond donors (Lipinski definition) is 1. The van der Waals surface area contributed by atoms with Gasteiger partial charge in [-0.2, -0.15) is 0 Å². The summed E-state index contributed by atoms with van der Waals surface area (Å²) >= 11 is 0. The van der Waals surface area contributed by atoms with E-state index < -0.39 is 5.82 Å². The standard InChI is InChI=1S/C29H32FN3O/c30-23-11-6-12-24-26(23)28(31)27-25(32-24)14-13-22(29(27)34)10-5-4-7-20-15-17-33(18-16-20)19-21-8-2-1-3-9-21/h1-3,6,8-12,20H,4-5,7,13-19H2,(H2,31,32)/b22-10+. The van der Waals surface area contributed by atoms with Gasteiger partial charge in [0.25, 0.3) is 0 Å². The zero-order chi connectivity index (χ0) is 23.5. The van der Waals surface area contributed by atoms with Crippen molar-refractivity contribution < 1.29 is 9.18 Å². The van der Waals surface area contributed by atoms with Crippen LogP contribution in [-0.4, -0.2) is 28.8 Å². The van der Waals surface area contributed by atoms with Gasteiger partial charge in [0.05, 0.1) is 27.8 Å². The minimum Gasteiger partial charge on any atom is -0.397 e. The number of pyridine rings is 1. The molecule has 0 saturated carbocycles. The number of unbranched alkanes of at least 4 members (excludes halogenated alkanes) is 1. The summed E-state index contributed by atoms with van der Waals surface area (Å²) in [7, 11) is 0. The third-order valence-corrected chi connectivity index (χ3v) is 7.39. The lowest BCUT2D eigenvalue weighted by molar-refractivity contribution is 0.102. The number of nitrogens with zero attached hydrogens (tertiary/aromatic N) is 2. The third-order valence-electron chi connectivity index (χ3n) is 7.39. The Morgan fingerprint density at radius 2 is 1.85 bits per heavy atom. The molecule has 0 bridgehead atoms. The number of likely N-dealkylation sites (tertiary alicyclic amines) is 1. The summed E-state index contributed by atoms with van der Waals surface area (Å²) in [6.07, 6.45) is 9.12. The Balaban J connectivity index is 1.15. The zero-order valence-electron chi connectivity index (χ0n) is 19.6. The normalized spacial score (nSPS) is 18.5. The summed E-state index contributed by atoms with van der Waals surface area (Å²) in [5, 5.41) is 0.259. The maximum atomic E-state index is 14.4. The first kappa shape index (κ1) is 22.7. The van der Waals surface area contributed by atoms with E-state index in [0.29, 0.717) is 29.6 Å². The number of aryl methyl sites for hydroxylation is 1. The first-order chi connectivity index (χ1) is 16.6. The van der Waals surface area contributed by atoms with Crippen LogP contribution in [0.1, 0.15) is 60.1 Å². The molecule has 0 spiro atoms. The van der Waals surface area contributed by atoms with Gasteiger partial charge in [-0.05, 0) is 80.8 Å². The Bertz CT molecular complexity index is 1210. The molecule has 2 heterocycles. The quantitative estimate of drug-likeness (QED) is 0.359. The number of fused-ring (bicyclic) bond motifs is 2. The molecule has 1 fully saturated rings. The number of halogens is 1. The topological polar surface area (TPSA) is 59.2 Å². The Labute approximate surface area is 200 Å². The van der Waals surface area contributed by atoms with Crippen molar-refractivity contribution in [3.05, 3.63) is 82.8 Å². The van der Waals surface area contributed by atoms with E-state index in [2.05, 4.69) is 46.3 Å². The Morgan fingerprint density at radius 3 is 2.65 bits per heavy atom. The largest absolute Gasteiger partial charge is 0.397 e. The molecule has 0 unspecified atom stereocenters. The van der Waals surface area contributed by atoms with E-state index in [1.807, 2.05) is 0 Å². The second-order valence-electron chi connectivity index (χ2n) is 9.68. The number of hydrogen-bond acceptors (Lipinski definition) is 4. The van der Waals surface area contributed by atoms with Crippen molar-refractivity contribution in [1.29, 1.82) is 0 Å². The predicted molar refractivity (Wildman–Crippen MR) is 135 cm³/mol. The smallest absolute Gasteiger partial charge is 0.192 e. The maximum Gasteiger partial charge on any atom is 0.192 e. The minimum atomic E-state index is -0.427. The maximum absolute atomic E-state index is 14.4. The molecular formula is C29H32FN3O. The Kier molecular flexibility index (Phi) is 6.73. The fourth-order valence-electron chi connectivity index (χ4n) is 5.47. The van der Waals surface area contributed by atoms with Crippen LogP contribution in [-0.2, 0) is 13.0 Å². The lowest BCUT2D eigenvalue weighted by atomic mass is 9.86. The molecule has 1 saturated heterocycles. The van der Waals surface area contributed by atoms with Gasteiger partial charge in [0.2, 0.25) is 0 Å². The van der Waals surface area contributed by atoms with Gasteiger partial charge in [-0.25, -0.2) is 4.39 Å². The van der Waals surface area contributed by atoms with Crippen LogP contribution in [0.15, 0.2) is 60.2 Å². The van der Waals surface area contributed by atoms with E-state index >= 15 is 0 Å². The molecule has 3 aromatic rings. The van der Waals surface area contributed by atoms with Crippen LogP contribution in [0.5, 0.6) is 0 Å². The molecule has 1 aromatic heterocycles. The molecule has 5 heteroatoms. The SMILES string of the molecule is Nc1c2c(nc3cccc(F)c13)CC/C(=C\CCCC1CCN(Cc3ccccc3)CC1)C2=O. The highest BCUT2D eigenvalue weighted by molar-refractivity contribution is 6.17. The van der Waals surface area contributed by atoms with E-state index in [9.17, 15) is 9.18 Å². The minimum absolute atomic E-state index is 0.0781. The van der Waals surface area contributed by atoms with Crippen molar-refractivity contribution in [2.24, 2.45) is 5.92 Å². The fourth-order valence-corrected chi connectivity index (χ4v) is 5.47. The number of carbonyl (C=O) groups is 1. The van der Waals surface area contributed by atoms with Gasteiger partial charge in [0.1, 0.15) is 5.82 Å². The van der Waals surface area contributed by atoms with E-state index in [4.69, 9.17) is 5.73 Å². The van der Waals surface area contributed by atoms with Crippen molar-refractivity contribution in [1.82, 2.24) is 9.88 Å². The number of Topliss-reactive ketones (excluding diaryl/α,β-unsaturated/α-hetero) is 1. The van der Waals surface area contributed by atoms with E-state index in [0.717, 1.165) is 44.0 Å². The molecule has 2 aliphatic rings. The molecule has 4 nitrogen and oxygen atoms in total. The second-order valence-corrected chi connectivity index (χ2v) is 9.68. The number of carbonyl (C=O) groups excluding carboxylic acids is 1. The second kappa shape index (κ2) is 10.1. The molecule has 1 aliphatic carbocycles. The summed E-state index contributed by atoms with van der Waals surface area (Å²) in [5.74, 6) is 0.261. The van der Waals surface area contributed by atoms with E-state index in [1.165, 1.54) is 30.9 Å². The molecule has 0 atom stereocenters. The van der Waals surface area contributed by atoms with E-state index in [1.54, 1.807) is 12.1 Å². The van der Waals surface area contributed by atoms with Gasteiger partial charge in [-0.3, -0.25) is 14.7 Å². The van der Waals surface area contributed by atoms with Crippen molar-refractivity contribution in [3.8, 4) is 0 Å². The van der Waals surface area contributed by atoms with Crippen LogP contribution in [0.3, 0.4) is 0 Å². The Morgan fingerprint density at radius 1 is 1.06 bits per heavy atom. The number of nitrogen functional groups attached to an aromatic ring is 1. The number of allylic oxidation sites excluding steroid dienone is 2. The summed E-state index contributed by atoms with van der Waals surface area (Å²) in [5.41, 5.74) is 10.3.